The zero-order chi connectivity index (χ0) is 14.0. The van der Waals surface area contributed by atoms with Crippen LogP contribution in [0.5, 0.6) is 5.75 Å². The number of amides is 1. The van der Waals surface area contributed by atoms with E-state index in [0.29, 0.717) is 5.13 Å². The average Bonchev–Trinajstić information content (AvgIpc) is 2.78. The molecule has 0 aliphatic heterocycles. The third-order valence-corrected chi connectivity index (χ3v) is 4.49. The van der Waals surface area contributed by atoms with Crippen molar-refractivity contribution < 1.29 is 9.53 Å². The molecule has 0 bridgehead atoms. The lowest BCUT2D eigenvalue weighted by Crippen LogP contribution is -2.27. The van der Waals surface area contributed by atoms with Crippen LogP contribution in [0.2, 0.25) is 0 Å². The first-order valence-electron chi connectivity index (χ1n) is 5.94. The number of nitrogens with one attached hydrogen (secondary N) is 1. The van der Waals surface area contributed by atoms with E-state index in [4.69, 9.17) is 4.74 Å². The largest absolute Gasteiger partial charge is 0.497 e. The molecule has 1 aromatic heterocycles. The molecule has 19 heavy (non-hydrogen) atoms. The maximum atomic E-state index is 11.9. The van der Waals surface area contributed by atoms with Gasteiger partial charge in [0.1, 0.15) is 5.75 Å². The molecule has 1 unspecified atom stereocenters. The second kappa shape index (κ2) is 5.79. The standard InChI is InChI=1S/C13H16N2O2S2/c1-7(2)11(18)12(16)15-13-14-9-5-4-8(17-3)6-10(9)19-13/h4-7,11,18H,1-3H3,(H,14,15,16). The summed E-state index contributed by atoms with van der Waals surface area (Å²) in [5, 5.41) is 3.06. The van der Waals surface area contributed by atoms with Gasteiger partial charge in [-0.15, -0.1) is 0 Å². The Kier molecular flexibility index (Phi) is 4.31. The Morgan fingerprint density at radius 2 is 2.21 bits per heavy atom. The third-order valence-electron chi connectivity index (χ3n) is 2.73. The minimum Gasteiger partial charge on any atom is -0.497 e. The smallest absolute Gasteiger partial charge is 0.239 e. The summed E-state index contributed by atoms with van der Waals surface area (Å²) in [6.45, 7) is 3.92. The molecule has 0 radical (unpaired) electrons. The molecule has 2 rings (SSSR count). The fourth-order valence-corrected chi connectivity index (χ4v) is 2.53. The number of fused-ring (bicyclic) bond motifs is 1. The van der Waals surface area contributed by atoms with E-state index in [9.17, 15) is 4.79 Å². The SMILES string of the molecule is COc1ccc2nc(NC(=O)C(S)C(C)C)sc2c1. The zero-order valence-corrected chi connectivity index (χ0v) is 12.7. The van der Waals surface area contributed by atoms with Gasteiger partial charge in [0.05, 0.1) is 22.6 Å². The van der Waals surface area contributed by atoms with Gasteiger partial charge in [0.15, 0.2) is 5.13 Å². The van der Waals surface area contributed by atoms with E-state index >= 15 is 0 Å². The van der Waals surface area contributed by atoms with Crippen LogP contribution in [0.4, 0.5) is 5.13 Å². The van der Waals surface area contributed by atoms with Crippen molar-refractivity contribution in [3.05, 3.63) is 18.2 Å². The molecule has 0 saturated carbocycles. The van der Waals surface area contributed by atoms with Crippen LogP contribution in [0.15, 0.2) is 18.2 Å². The van der Waals surface area contributed by atoms with Gasteiger partial charge in [0.25, 0.3) is 0 Å². The lowest BCUT2D eigenvalue weighted by molar-refractivity contribution is -0.116. The van der Waals surface area contributed by atoms with Crippen LogP contribution >= 0.6 is 24.0 Å². The Morgan fingerprint density at radius 3 is 2.84 bits per heavy atom. The highest BCUT2D eigenvalue weighted by Gasteiger charge is 2.19. The lowest BCUT2D eigenvalue weighted by atomic mass is 10.1. The topological polar surface area (TPSA) is 51.2 Å². The monoisotopic (exact) mass is 296 g/mol. The predicted molar refractivity (Wildman–Crippen MR) is 82.4 cm³/mol. The third kappa shape index (κ3) is 3.19. The van der Waals surface area contributed by atoms with E-state index in [1.54, 1.807) is 7.11 Å². The average molecular weight is 296 g/mol. The summed E-state index contributed by atoms with van der Waals surface area (Å²) >= 11 is 5.72. The number of nitrogens with zero attached hydrogens (tertiary/aromatic N) is 1. The van der Waals surface area contributed by atoms with Crippen LogP contribution in [-0.4, -0.2) is 23.3 Å². The van der Waals surface area contributed by atoms with E-state index in [1.165, 1.54) is 11.3 Å². The van der Waals surface area contributed by atoms with Crippen LogP contribution in [0.25, 0.3) is 10.2 Å². The number of aromatic nitrogens is 1. The van der Waals surface area contributed by atoms with E-state index in [0.717, 1.165) is 16.0 Å². The van der Waals surface area contributed by atoms with E-state index < -0.39 is 0 Å². The summed E-state index contributed by atoms with van der Waals surface area (Å²) in [5.41, 5.74) is 0.848. The Labute approximate surface area is 121 Å². The number of thiol groups is 1. The molecule has 0 aliphatic rings. The summed E-state index contributed by atoms with van der Waals surface area (Å²) in [4.78, 5) is 16.3. The number of hydrogen-bond donors (Lipinski definition) is 2. The van der Waals surface area contributed by atoms with E-state index in [-0.39, 0.29) is 17.1 Å². The van der Waals surface area contributed by atoms with Gasteiger partial charge in [-0.2, -0.15) is 12.6 Å². The molecule has 0 spiro atoms. The minimum atomic E-state index is -0.332. The minimum absolute atomic E-state index is 0.121. The van der Waals surface area contributed by atoms with Crippen molar-refractivity contribution >= 4 is 45.2 Å². The van der Waals surface area contributed by atoms with Crippen molar-refractivity contribution in [3.63, 3.8) is 0 Å². The van der Waals surface area contributed by atoms with Crippen LogP contribution in [0.3, 0.4) is 0 Å². The predicted octanol–water partition coefficient (Wildman–Crippen LogP) is 3.20. The number of carbonyl (C=O) groups excluding carboxylic acids is 1. The fraction of sp³-hybridized carbons (Fsp3) is 0.385. The van der Waals surface area contributed by atoms with Crippen LogP contribution in [-0.2, 0) is 4.79 Å². The normalized spacial score (nSPS) is 12.7. The number of methoxy groups -OCH3 is 1. The van der Waals surface area contributed by atoms with Crippen molar-refractivity contribution in [1.82, 2.24) is 4.98 Å². The number of thiazole rings is 1. The van der Waals surface area contributed by atoms with Gasteiger partial charge in [-0.25, -0.2) is 4.98 Å². The van der Waals surface area contributed by atoms with Gasteiger partial charge in [-0.05, 0) is 24.1 Å². The van der Waals surface area contributed by atoms with Gasteiger partial charge >= 0.3 is 0 Å². The highest BCUT2D eigenvalue weighted by Crippen LogP contribution is 2.29. The number of rotatable bonds is 4. The maximum absolute atomic E-state index is 11.9. The molecule has 1 amide bonds. The van der Waals surface area contributed by atoms with E-state index in [1.807, 2.05) is 32.0 Å². The first-order chi connectivity index (χ1) is 9.01. The van der Waals surface area contributed by atoms with Gasteiger partial charge in [-0.1, -0.05) is 25.2 Å². The molecule has 4 nitrogen and oxygen atoms in total. The number of anilines is 1. The van der Waals surface area contributed by atoms with Crippen molar-refractivity contribution in [3.8, 4) is 5.75 Å². The number of hydrogen-bond acceptors (Lipinski definition) is 5. The molecule has 2 aromatic rings. The Morgan fingerprint density at radius 1 is 1.47 bits per heavy atom. The van der Waals surface area contributed by atoms with Crippen molar-refractivity contribution in [1.29, 1.82) is 0 Å². The van der Waals surface area contributed by atoms with Crippen molar-refractivity contribution in [2.45, 2.75) is 19.1 Å². The zero-order valence-electron chi connectivity index (χ0n) is 11.0. The Balaban J connectivity index is 2.20. The summed E-state index contributed by atoms with van der Waals surface area (Å²) < 4.78 is 6.14. The lowest BCUT2D eigenvalue weighted by Gasteiger charge is -2.12. The fourth-order valence-electron chi connectivity index (χ4n) is 1.57. The second-order valence-corrected chi connectivity index (χ2v) is 6.12. The molecule has 1 atom stereocenters. The summed E-state index contributed by atoms with van der Waals surface area (Å²) in [5.74, 6) is 0.838. The van der Waals surface area contributed by atoms with Gasteiger partial charge < -0.3 is 10.1 Å². The van der Waals surface area contributed by atoms with Crippen molar-refractivity contribution in [2.75, 3.05) is 12.4 Å². The molecule has 0 saturated heterocycles. The van der Waals surface area contributed by atoms with Crippen LogP contribution in [0, 0.1) is 5.92 Å². The molecular formula is C13H16N2O2S2. The number of carbonyl (C=O) groups is 1. The molecule has 0 fully saturated rings. The molecule has 1 heterocycles. The number of benzene rings is 1. The maximum Gasteiger partial charge on any atom is 0.239 e. The summed E-state index contributed by atoms with van der Waals surface area (Å²) in [7, 11) is 1.62. The van der Waals surface area contributed by atoms with Gasteiger partial charge in [0.2, 0.25) is 5.91 Å². The second-order valence-electron chi connectivity index (χ2n) is 4.53. The Bertz CT molecular complexity index is 595. The summed E-state index contributed by atoms with van der Waals surface area (Å²) in [6, 6.07) is 5.63. The van der Waals surface area contributed by atoms with Gasteiger partial charge in [0, 0.05) is 0 Å². The highest BCUT2D eigenvalue weighted by molar-refractivity contribution is 7.81. The molecule has 1 N–H and O–H groups in total. The Hall–Kier alpha value is -1.27. The van der Waals surface area contributed by atoms with Crippen LogP contribution < -0.4 is 10.1 Å². The summed E-state index contributed by atoms with van der Waals surface area (Å²) in [6.07, 6.45) is 0. The number of ether oxygens (including phenoxy) is 1. The first kappa shape index (κ1) is 14.1. The molecular weight excluding hydrogens is 280 g/mol. The molecule has 6 heteroatoms. The highest BCUT2D eigenvalue weighted by atomic mass is 32.1. The van der Waals surface area contributed by atoms with Gasteiger partial charge in [-0.3, -0.25) is 4.79 Å². The van der Waals surface area contributed by atoms with Crippen molar-refractivity contribution in [2.24, 2.45) is 5.92 Å². The molecule has 0 aliphatic carbocycles. The van der Waals surface area contributed by atoms with Crippen LogP contribution in [0.1, 0.15) is 13.8 Å². The molecule has 1 aromatic carbocycles. The molecule has 102 valence electrons. The first-order valence-corrected chi connectivity index (χ1v) is 7.28. The quantitative estimate of drug-likeness (QED) is 0.852. The van der Waals surface area contributed by atoms with E-state index in [2.05, 4.69) is 22.9 Å².